The predicted molar refractivity (Wildman–Crippen MR) is 111 cm³/mol. The highest BCUT2D eigenvalue weighted by atomic mass is 16.5. The van der Waals surface area contributed by atoms with Gasteiger partial charge in [-0.3, -0.25) is 4.79 Å². The second kappa shape index (κ2) is 10.1. The first-order valence-corrected chi connectivity index (χ1v) is 8.66. The Bertz CT molecular complexity index is 861. The molecule has 0 saturated carbocycles. The number of amides is 1. The summed E-state index contributed by atoms with van der Waals surface area (Å²) in [5.41, 5.74) is 2.37. The van der Waals surface area contributed by atoms with Crippen molar-refractivity contribution in [3.63, 3.8) is 0 Å². The van der Waals surface area contributed by atoms with E-state index in [1.165, 1.54) is 6.08 Å². The van der Waals surface area contributed by atoms with Crippen LogP contribution in [0.3, 0.4) is 0 Å². The lowest BCUT2D eigenvalue weighted by molar-refractivity contribution is -0.111. The van der Waals surface area contributed by atoms with Crippen LogP contribution in [0.5, 0.6) is 23.0 Å². The van der Waals surface area contributed by atoms with E-state index in [1.54, 1.807) is 47.5 Å². The lowest BCUT2D eigenvalue weighted by atomic mass is 10.1. The summed E-state index contributed by atoms with van der Waals surface area (Å²) in [6.45, 7) is 1.79. The molecule has 1 N–H and O–H groups in total. The fourth-order valence-electron chi connectivity index (χ4n) is 2.64. The Morgan fingerprint density at radius 3 is 1.96 bits per heavy atom. The number of rotatable bonds is 8. The van der Waals surface area contributed by atoms with Crippen LogP contribution in [0.2, 0.25) is 0 Å². The number of methoxy groups -OCH3 is 4. The first-order valence-electron chi connectivity index (χ1n) is 8.66. The molecule has 0 unspecified atom stereocenters. The van der Waals surface area contributed by atoms with Crippen LogP contribution in [-0.4, -0.2) is 34.3 Å². The van der Waals surface area contributed by atoms with Gasteiger partial charge in [0, 0.05) is 0 Å². The maximum Gasteiger partial charge on any atom is 0.248 e. The second-order valence-corrected chi connectivity index (χ2v) is 5.74. The largest absolute Gasteiger partial charge is 0.495 e. The number of ether oxygens (including phenoxy) is 4. The molecule has 0 aliphatic carbocycles. The van der Waals surface area contributed by atoms with Crippen LogP contribution in [0.1, 0.15) is 18.1 Å². The van der Waals surface area contributed by atoms with E-state index >= 15 is 0 Å². The molecule has 0 bridgehead atoms. The van der Waals surface area contributed by atoms with E-state index in [1.807, 2.05) is 36.4 Å². The number of carbonyl (C=O) groups is 1. The molecule has 0 saturated heterocycles. The van der Waals surface area contributed by atoms with Crippen molar-refractivity contribution in [3.8, 4) is 23.0 Å². The molecule has 0 aliphatic heterocycles. The summed E-state index contributed by atoms with van der Waals surface area (Å²) >= 11 is 0. The zero-order valence-electron chi connectivity index (χ0n) is 16.7. The van der Waals surface area contributed by atoms with E-state index in [0.29, 0.717) is 28.7 Å². The molecule has 6 nitrogen and oxygen atoms in total. The molecule has 0 aromatic heterocycles. The van der Waals surface area contributed by atoms with E-state index in [9.17, 15) is 4.79 Å². The highest BCUT2D eigenvalue weighted by Crippen LogP contribution is 2.38. The topological polar surface area (TPSA) is 66.0 Å². The third-order valence-electron chi connectivity index (χ3n) is 3.95. The molecule has 28 heavy (non-hydrogen) atoms. The van der Waals surface area contributed by atoms with Gasteiger partial charge in [-0.2, -0.15) is 0 Å². The van der Waals surface area contributed by atoms with Crippen LogP contribution < -0.4 is 24.3 Å². The monoisotopic (exact) mass is 383 g/mol. The van der Waals surface area contributed by atoms with Crippen LogP contribution >= 0.6 is 0 Å². The summed E-state index contributed by atoms with van der Waals surface area (Å²) in [6.07, 6.45) is 6.98. The van der Waals surface area contributed by atoms with Crippen LogP contribution in [0.15, 0.2) is 42.5 Å². The number of allylic oxidation sites excluding steroid dienone is 1. The van der Waals surface area contributed by atoms with Gasteiger partial charge >= 0.3 is 0 Å². The number of anilines is 1. The summed E-state index contributed by atoms with van der Waals surface area (Å²) in [5, 5.41) is 2.81. The molecule has 148 valence electrons. The summed E-state index contributed by atoms with van der Waals surface area (Å²) < 4.78 is 21.4. The number of benzene rings is 2. The maximum absolute atomic E-state index is 11.9. The average molecular weight is 383 g/mol. The third kappa shape index (κ3) is 5.07. The van der Waals surface area contributed by atoms with Crippen molar-refractivity contribution in [1.29, 1.82) is 0 Å². The Kier molecular flexibility index (Phi) is 7.51. The van der Waals surface area contributed by atoms with Gasteiger partial charge in [0.25, 0.3) is 0 Å². The van der Waals surface area contributed by atoms with Crippen molar-refractivity contribution in [2.24, 2.45) is 0 Å². The highest BCUT2D eigenvalue weighted by Gasteiger charge is 2.12. The number of hydrogen-bond donors (Lipinski definition) is 1. The molecule has 0 radical (unpaired) electrons. The Hall–Kier alpha value is -3.41. The van der Waals surface area contributed by atoms with Gasteiger partial charge in [-0.1, -0.05) is 24.3 Å². The van der Waals surface area contributed by atoms with Crippen molar-refractivity contribution < 1.29 is 23.7 Å². The van der Waals surface area contributed by atoms with E-state index in [0.717, 1.165) is 11.1 Å². The van der Waals surface area contributed by atoms with Crippen molar-refractivity contribution in [3.05, 3.63) is 53.6 Å². The van der Waals surface area contributed by atoms with Crippen molar-refractivity contribution in [2.45, 2.75) is 6.92 Å². The minimum atomic E-state index is -0.216. The quantitative estimate of drug-likeness (QED) is 0.540. The lowest BCUT2D eigenvalue weighted by Gasteiger charge is -2.13. The number of hydrogen-bond acceptors (Lipinski definition) is 5. The molecule has 0 aliphatic rings. The van der Waals surface area contributed by atoms with E-state index < -0.39 is 0 Å². The minimum Gasteiger partial charge on any atom is -0.495 e. The SMILES string of the molecule is C/C=C/C(=O)Nc1cc(/C=C\c2cc(OC)c(OC)c(OC)c2)ccc1OC. The molecule has 1 amide bonds. The molecule has 0 fully saturated rings. The second-order valence-electron chi connectivity index (χ2n) is 5.74. The number of carbonyl (C=O) groups excluding carboxylic acids is 1. The molecule has 2 aromatic carbocycles. The normalized spacial score (nSPS) is 10.9. The first kappa shape index (κ1) is 20.9. The van der Waals surface area contributed by atoms with Gasteiger partial charge in [0.15, 0.2) is 11.5 Å². The Balaban J connectivity index is 2.34. The van der Waals surface area contributed by atoms with Crippen molar-refractivity contribution in [1.82, 2.24) is 0 Å². The minimum absolute atomic E-state index is 0.216. The fourth-order valence-corrected chi connectivity index (χ4v) is 2.64. The smallest absolute Gasteiger partial charge is 0.248 e. The van der Waals surface area contributed by atoms with Crippen LogP contribution in [0, 0.1) is 0 Å². The lowest BCUT2D eigenvalue weighted by Crippen LogP contribution is -2.09. The summed E-state index contributed by atoms with van der Waals surface area (Å²) in [7, 11) is 6.28. The molecule has 0 atom stereocenters. The average Bonchev–Trinajstić information content (AvgIpc) is 2.71. The van der Waals surface area contributed by atoms with Gasteiger partial charge in [0.05, 0.1) is 34.1 Å². The van der Waals surface area contributed by atoms with Crippen LogP contribution in [0.25, 0.3) is 12.2 Å². The maximum atomic E-state index is 11.9. The van der Waals surface area contributed by atoms with Gasteiger partial charge < -0.3 is 24.3 Å². The third-order valence-corrected chi connectivity index (χ3v) is 3.95. The van der Waals surface area contributed by atoms with Gasteiger partial charge in [-0.05, 0) is 48.4 Å². The Morgan fingerprint density at radius 1 is 0.821 bits per heavy atom. The molecule has 2 aromatic rings. The number of nitrogens with one attached hydrogen (secondary N) is 1. The van der Waals surface area contributed by atoms with Gasteiger partial charge in [0.1, 0.15) is 5.75 Å². The van der Waals surface area contributed by atoms with E-state index in [2.05, 4.69) is 5.32 Å². The van der Waals surface area contributed by atoms with Crippen molar-refractivity contribution >= 4 is 23.7 Å². The highest BCUT2D eigenvalue weighted by molar-refractivity contribution is 6.00. The van der Waals surface area contributed by atoms with Crippen LogP contribution in [-0.2, 0) is 4.79 Å². The first-order chi connectivity index (χ1) is 13.6. The zero-order chi connectivity index (χ0) is 20.5. The van der Waals surface area contributed by atoms with Gasteiger partial charge in [-0.25, -0.2) is 0 Å². The van der Waals surface area contributed by atoms with Crippen molar-refractivity contribution in [2.75, 3.05) is 33.8 Å². The van der Waals surface area contributed by atoms with Crippen LogP contribution in [0.4, 0.5) is 5.69 Å². The molecule has 2 rings (SSSR count). The van der Waals surface area contributed by atoms with Gasteiger partial charge in [-0.15, -0.1) is 0 Å². The molecule has 6 heteroatoms. The summed E-state index contributed by atoms with van der Waals surface area (Å²) in [4.78, 5) is 11.9. The molecular formula is C22H25NO5. The van der Waals surface area contributed by atoms with E-state index in [4.69, 9.17) is 18.9 Å². The Morgan fingerprint density at radius 2 is 1.43 bits per heavy atom. The standard InChI is InChI=1S/C22H25NO5/c1-6-7-21(24)23-17-12-15(10-11-18(17)25-2)8-9-16-13-19(26-3)22(28-5)20(14-16)27-4/h6-14H,1-5H3,(H,23,24)/b7-6+,9-8-. The molecule has 0 heterocycles. The van der Waals surface area contributed by atoms with E-state index in [-0.39, 0.29) is 5.91 Å². The predicted octanol–water partition coefficient (Wildman–Crippen LogP) is 4.41. The zero-order valence-corrected chi connectivity index (χ0v) is 16.7. The summed E-state index contributed by atoms with van der Waals surface area (Å²) in [6, 6.07) is 9.26. The Labute approximate surface area is 165 Å². The fraction of sp³-hybridized carbons (Fsp3) is 0.227. The summed E-state index contributed by atoms with van der Waals surface area (Å²) in [5.74, 6) is 2.07. The van der Waals surface area contributed by atoms with Gasteiger partial charge in [0.2, 0.25) is 11.7 Å². The molecule has 0 spiro atoms. The molecular weight excluding hydrogens is 358 g/mol.